The van der Waals surface area contributed by atoms with Gasteiger partial charge in [-0.3, -0.25) is 9.67 Å². The van der Waals surface area contributed by atoms with Crippen molar-refractivity contribution < 1.29 is 0 Å². The molecule has 0 aliphatic carbocycles. The first-order chi connectivity index (χ1) is 8.00. The molecule has 2 rings (SSSR count). The van der Waals surface area contributed by atoms with Crippen LogP contribution in [-0.2, 0) is 0 Å². The molecule has 1 N–H and O–H groups in total. The van der Waals surface area contributed by atoms with Crippen molar-refractivity contribution in [2.24, 2.45) is 0 Å². The average molecular weight is 380 g/mol. The van der Waals surface area contributed by atoms with E-state index in [4.69, 9.17) is 23.8 Å². The molecule has 6 heteroatoms. The molecule has 2 aromatic rings. The van der Waals surface area contributed by atoms with E-state index < -0.39 is 0 Å². The van der Waals surface area contributed by atoms with E-state index in [0.717, 1.165) is 15.1 Å². The minimum absolute atomic E-state index is 0.276. The van der Waals surface area contributed by atoms with Gasteiger partial charge in [0.05, 0.1) is 10.7 Å². The molecule has 0 aliphatic rings. The quantitative estimate of drug-likeness (QED) is 0.623. The van der Waals surface area contributed by atoms with Crippen LogP contribution in [0.4, 0.5) is 0 Å². The number of nitrogens with one attached hydrogen (secondary N) is 1. The maximum Gasteiger partial charge on any atom is 0.199 e. The third kappa shape index (κ3) is 2.56. The molecule has 3 nitrogen and oxygen atoms in total. The molecule has 0 aliphatic heterocycles. The van der Waals surface area contributed by atoms with Crippen molar-refractivity contribution in [3.8, 4) is 5.69 Å². The maximum atomic E-state index is 6.26. The lowest BCUT2D eigenvalue weighted by molar-refractivity contribution is 0.744. The van der Waals surface area contributed by atoms with Gasteiger partial charge in [0.1, 0.15) is 5.82 Å². The SMILES string of the molecule is CC(C)c1n[nH]c(=S)n1-c1ccc(I)cc1Cl. The van der Waals surface area contributed by atoms with Crippen molar-refractivity contribution in [1.82, 2.24) is 14.8 Å². The number of hydrogen-bond donors (Lipinski definition) is 1. The predicted molar refractivity (Wildman–Crippen MR) is 80.6 cm³/mol. The molecule has 1 heterocycles. The molecule has 17 heavy (non-hydrogen) atoms. The van der Waals surface area contributed by atoms with Gasteiger partial charge in [-0.1, -0.05) is 25.4 Å². The van der Waals surface area contributed by atoms with Crippen molar-refractivity contribution in [2.75, 3.05) is 0 Å². The lowest BCUT2D eigenvalue weighted by Gasteiger charge is -2.10. The van der Waals surface area contributed by atoms with E-state index in [9.17, 15) is 0 Å². The van der Waals surface area contributed by atoms with Crippen LogP contribution < -0.4 is 0 Å². The Morgan fingerprint density at radius 2 is 2.18 bits per heavy atom. The third-order valence-electron chi connectivity index (χ3n) is 2.37. The summed E-state index contributed by atoms with van der Waals surface area (Å²) >= 11 is 13.7. The Kier molecular flexibility index (Phi) is 3.89. The normalized spacial score (nSPS) is 11.1. The number of aromatic amines is 1. The largest absolute Gasteiger partial charge is 0.270 e. The standard InChI is InChI=1S/C11H11ClIN3S/c1-6(2)10-14-15-11(17)16(10)9-4-3-7(13)5-8(9)12/h3-6H,1-2H3,(H,15,17). The van der Waals surface area contributed by atoms with E-state index in [-0.39, 0.29) is 5.92 Å². The summed E-state index contributed by atoms with van der Waals surface area (Å²) in [7, 11) is 0. The summed E-state index contributed by atoms with van der Waals surface area (Å²) in [4.78, 5) is 0. The summed E-state index contributed by atoms with van der Waals surface area (Å²) in [6.45, 7) is 4.14. The van der Waals surface area contributed by atoms with Gasteiger partial charge in [-0.15, -0.1) is 0 Å². The van der Waals surface area contributed by atoms with E-state index in [1.54, 1.807) is 0 Å². The molecule has 0 saturated carbocycles. The fraction of sp³-hybridized carbons (Fsp3) is 0.273. The zero-order chi connectivity index (χ0) is 12.6. The van der Waals surface area contributed by atoms with Gasteiger partial charge in [-0.05, 0) is 53.0 Å². The first kappa shape index (κ1) is 13.0. The lowest BCUT2D eigenvalue weighted by Crippen LogP contribution is -2.04. The highest BCUT2D eigenvalue weighted by Crippen LogP contribution is 2.26. The third-order valence-corrected chi connectivity index (χ3v) is 3.61. The van der Waals surface area contributed by atoms with Crippen molar-refractivity contribution in [3.05, 3.63) is 37.4 Å². The molecular weight excluding hydrogens is 369 g/mol. The summed E-state index contributed by atoms with van der Waals surface area (Å²) in [5.41, 5.74) is 0.870. The second-order valence-electron chi connectivity index (χ2n) is 3.97. The highest BCUT2D eigenvalue weighted by molar-refractivity contribution is 14.1. The van der Waals surface area contributed by atoms with Crippen LogP contribution in [0.2, 0.25) is 5.02 Å². The summed E-state index contributed by atoms with van der Waals surface area (Å²) < 4.78 is 3.55. The molecule has 0 saturated heterocycles. The molecule has 0 radical (unpaired) electrons. The average Bonchev–Trinajstić information content (AvgIpc) is 2.60. The molecule has 0 amide bonds. The highest BCUT2D eigenvalue weighted by Gasteiger charge is 2.14. The van der Waals surface area contributed by atoms with Gasteiger partial charge in [0.2, 0.25) is 0 Å². The first-order valence-corrected chi connectivity index (χ1v) is 7.00. The van der Waals surface area contributed by atoms with Crippen LogP contribution in [-0.4, -0.2) is 14.8 Å². The summed E-state index contributed by atoms with van der Waals surface area (Å²) in [6, 6.07) is 5.87. The van der Waals surface area contributed by atoms with E-state index in [0.29, 0.717) is 9.79 Å². The first-order valence-electron chi connectivity index (χ1n) is 5.13. The molecule has 0 bridgehead atoms. The van der Waals surface area contributed by atoms with Gasteiger partial charge >= 0.3 is 0 Å². The van der Waals surface area contributed by atoms with Gasteiger partial charge in [0, 0.05) is 9.49 Å². The zero-order valence-electron chi connectivity index (χ0n) is 9.37. The molecule has 90 valence electrons. The van der Waals surface area contributed by atoms with Gasteiger partial charge in [-0.2, -0.15) is 5.10 Å². The number of aromatic nitrogens is 3. The predicted octanol–water partition coefficient (Wildman–Crippen LogP) is 4.31. The second-order valence-corrected chi connectivity index (χ2v) is 6.01. The van der Waals surface area contributed by atoms with Crippen LogP contribution in [0.15, 0.2) is 18.2 Å². The maximum absolute atomic E-state index is 6.26. The topological polar surface area (TPSA) is 33.6 Å². The van der Waals surface area contributed by atoms with Crippen LogP contribution in [0.1, 0.15) is 25.6 Å². The van der Waals surface area contributed by atoms with Crippen LogP contribution in [0, 0.1) is 8.34 Å². The number of hydrogen-bond acceptors (Lipinski definition) is 2. The molecule has 0 fully saturated rings. The fourth-order valence-electron chi connectivity index (χ4n) is 1.59. The van der Waals surface area contributed by atoms with Crippen LogP contribution in [0.3, 0.4) is 0 Å². The smallest absolute Gasteiger partial charge is 0.199 e. The Morgan fingerprint density at radius 1 is 1.47 bits per heavy atom. The summed E-state index contributed by atoms with van der Waals surface area (Å²) in [6.07, 6.45) is 0. The van der Waals surface area contributed by atoms with E-state index >= 15 is 0 Å². The van der Waals surface area contributed by atoms with Crippen molar-refractivity contribution >= 4 is 46.4 Å². The minimum Gasteiger partial charge on any atom is -0.270 e. The molecule has 0 atom stereocenters. The summed E-state index contributed by atoms with van der Waals surface area (Å²) in [5.74, 6) is 1.16. The van der Waals surface area contributed by atoms with E-state index in [1.807, 2.05) is 22.8 Å². The Hall–Kier alpha value is -0.400. The van der Waals surface area contributed by atoms with Crippen molar-refractivity contribution in [3.63, 3.8) is 0 Å². The highest BCUT2D eigenvalue weighted by atomic mass is 127. The molecular formula is C11H11ClIN3S. The van der Waals surface area contributed by atoms with Crippen molar-refractivity contribution in [1.29, 1.82) is 0 Å². The monoisotopic (exact) mass is 379 g/mol. The van der Waals surface area contributed by atoms with Crippen LogP contribution in [0.5, 0.6) is 0 Å². The number of benzene rings is 1. The van der Waals surface area contributed by atoms with Crippen LogP contribution in [0.25, 0.3) is 5.69 Å². The Labute approximate surface area is 123 Å². The van der Waals surface area contributed by atoms with Gasteiger partial charge in [0.15, 0.2) is 4.77 Å². The number of halogens is 2. The van der Waals surface area contributed by atoms with Gasteiger partial charge < -0.3 is 0 Å². The van der Waals surface area contributed by atoms with Crippen molar-refractivity contribution in [2.45, 2.75) is 19.8 Å². The fourth-order valence-corrected chi connectivity index (χ4v) is 2.77. The summed E-state index contributed by atoms with van der Waals surface area (Å²) in [5, 5.41) is 7.73. The molecule has 0 spiro atoms. The molecule has 1 aromatic heterocycles. The van der Waals surface area contributed by atoms with Gasteiger partial charge in [-0.25, -0.2) is 0 Å². The minimum atomic E-state index is 0.276. The van der Waals surface area contributed by atoms with Gasteiger partial charge in [0.25, 0.3) is 0 Å². The Bertz CT molecular complexity index is 603. The number of nitrogens with zero attached hydrogens (tertiary/aromatic N) is 2. The molecule has 1 aromatic carbocycles. The Balaban J connectivity index is 2.68. The number of H-pyrrole nitrogens is 1. The van der Waals surface area contributed by atoms with E-state index in [1.165, 1.54) is 0 Å². The second kappa shape index (κ2) is 5.07. The zero-order valence-corrected chi connectivity index (χ0v) is 13.1. The van der Waals surface area contributed by atoms with E-state index in [2.05, 4.69) is 46.6 Å². The Morgan fingerprint density at radius 3 is 2.76 bits per heavy atom. The van der Waals surface area contributed by atoms with Crippen LogP contribution >= 0.6 is 46.4 Å². The molecule has 0 unspecified atom stereocenters. The lowest BCUT2D eigenvalue weighted by atomic mass is 10.2. The number of rotatable bonds is 2.